The molecular weight excluding hydrogens is 430 g/mol. The Morgan fingerprint density at radius 3 is 2.38 bits per heavy atom. The van der Waals surface area contributed by atoms with Crippen molar-refractivity contribution < 1.29 is 18.8 Å². The van der Waals surface area contributed by atoms with Crippen LogP contribution in [0.15, 0.2) is 24.3 Å². The Morgan fingerprint density at radius 1 is 1.19 bits per heavy atom. The van der Waals surface area contributed by atoms with E-state index in [-0.39, 0.29) is 12.2 Å². The third-order valence-electron chi connectivity index (χ3n) is 5.92. The zero-order valence-corrected chi connectivity index (χ0v) is 19.4. The Morgan fingerprint density at radius 2 is 1.81 bits per heavy atom. The van der Waals surface area contributed by atoms with Crippen LogP contribution in [0.2, 0.25) is 0 Å². The van der Waals surface area contributed by atoms with E-state index in [1.54, 1.807) is 6.26 Å². The van der Waals surface area contributed by atoms with Crippen molar-refractivity contribution in [2.24, 2.45) is 0 Å². The molecule has 2 aliphatic heterocycles. The van der Waals surface area contributed by atoms with Crippen molar-refractivity contribution in [2.45, 2.75) is 25.0 Å². The van der Waals surface area contributed by atoms with Gasteiger partial charge in [-0.15, -0.1) is 0 Å². The number of nitrogens with one attached hydrogen (secondary N) is 1. The van der Waals surface area contributed by atoms with Gasteiger partial charge in [-0.05, 0) is 30.5 Å². The number of carbonyl (C=O) groups is 1. The van der Waals surface area contributed by atoms with Crippen molar-refractivity contribution in [3.05, 3.63) is 35.4 Å². The smallest absolute Gasteiger partial charge is 0.404 e. The molecule has 2 bridgehead atoms. The fourth-order valence-corrected chi connectivity index (χ4v) is 5.10. The van der Waals surface area contributed by atoms with E-state index >= 15 is 0 Å². The summed E-state index contributed by atoms with van der Waals surface area (Å²) in [5.41, 5.74) is 1.86. The summed E-state index contributed by atoms with van der Waals surface area (Å²) in [4.78, 5) is 15.3. The maximum absolute atomic E-state index is 12.2. The molecule has 176 valence electrons. The zero-order chi connectivity index (χ0) is 22.9. The van der Waals surface area contributed by atoms with Crippen LogP contribution in [0.1, 0.15) is 17.5 Å². The quantitative estimate of drug-likeness (QED) is 0.498. The average Bonchev–Trinajstić information content (AvgIpc) is 2.75. The van der Waals surface area contributed by atoms with Crippen molar-refractivity contribution in [3.63, 3.8) is 0 Å². The first-order valence-corrected chi connectivity index (χ1v) is 12.6. The number of carboxylic acid groups (broad SMARTS) is 1. The minimum absolute atomic E-state index is 0.129. The number of rotatable bonds is 11. The lowest BCUT2D eigenvalue weighted by Crippen LogP contribution is -2.60. The van der Waals surface area contributed by atoms with E-state index in [1.807, 2.05) is 28.6 Å². The monoisotopic (exact) mass is 463 g/mol. The van der Waals surface area contributed by atoms with Crippen LogP contribution in [0.4, 0.5) is 4.79 Å². The molecule has 0 radical (unpaired) electrons. The molecule has 3 rings (SSSR count). The van der Waals surface area contributed by atoms with E-state index in [9.17, 15) is 9.00 Å². The van der Waals surface area contributed by atoms with Gasteiger partial charge >= 0.3 is 6.09 Å². The van der Waals surface area contributed by atoms with Crippen molar-refractivity contribution >= 4 is 17.1 Å². The molecule has 10 heteroatoms. The summed E-state index contributed by atoms with van der Waals surface area (Å²) in [6, 6.07) is 9.78. The van der Waals surface area contributed by atoms with Gasteiger partial charge in [0, 0.05) is 65.2 Å². The van der Waals surface area contributed by atoms with Gasteiger partial charge in [-0.25, -0.2) is 13.3 Å². The van der Waals surface area contributed by atoms with E-state index in [0.29, 0.717) is 18.7 Å². The molecule has 1 aromatic carbocycles. The molecule has 9 nitrogen and oxygen atoms in total. The summed E-state index contributed by atoms with van der Waals surface area (Å²) in [5.74, 6) is 0. The topological polar surface area (TPSA) is 109 Å². The van der Waals surface area contributed by atoms with Crippen molar-refractivity contribution in [1.29, 1.82) is 5.26 Å². The molecule has 32 heavy (non-hydrogen) atoms. The highest BCUT2D eigenvalue weighted by molar-refractivity contribution is 7.81. The third-order valence-corrected chi connectivity index (χ3v) is 7.01. The van der Waals surface area contributed by atoms with E-state index in [0.717, 1.165) is 58.7 Å². The molecule has 3 atom stereocenters. The number of hydrogen-bond donors (Lipinski definition) is 2. The predicted molar refractivity (Wildman–Crippen MR) is 123 cm³/mol. The number of morpholine rings is 2. The van der Waals surface area contributed by atoms with Gasteiger partial charge in [0.1, 0.15) is 0 Å². The number of ether oxygens (including phenoxy) is 1. The number of benzene rings is 1. The number of amides is 1. The Hall–Kier alpha value is -2.03. The Balaban J connectivity index is 1.39. The molecule has 2 heterocycles. The second-order valence-electron chi connectivity index (χ2n) is 8.40. The molecule has 0 spiro atoms. The molecule has 1 aromatic rings. The standard InChI is InChI=1S/C22H33N5O4S/c1-32(30)27(9-2-3-18-4-6-19(13-23)7-5-18)12-11-26-16-20-14-25(10-8-24-22(28)29)15-21(17-26)31-20/h4-7,20-21,24H,2-3,8-12,14-17H2,1H3,(H,28,29). The van der Waals surface area contributed by atoms with Gasteiger partial charge in [-0.3, -0.25) is 9.80 Å². The van der Waals surface area contributed by atoms with Crippen LogP contribution in [0.5, 0.6) is 0 Å². The van der Waals surface area contributed by atoms with E-state index < -0.39 is 17.1 Å². The number of hydrogen-bond acceptors (Lipinski definition) is 6. The Kier molecular flexibility index (Phi) is 9.44. The lowest BCUT2D eigenvalue weighted by molar-refractivity contribution is -0.138. The second-order valence-corrected chi connectivity index (χ2v) is 9.76. The lowest BCUT2D eigenvalue weighted by Gasteiger charge is -2.46. The molecule has 2 aliphatic rings. The number of nitrogens with zero attached hydrogens (tertiary/aromatic N) is 4. The van der Waals surface area contributed by atoms with Crippen molar-refractivity contribution in [1.82, 2.24) is 19.4 Å². The van der Waals surface area contributed by atoms with Crippen LogP contribution in [0, 0.1) is 11.3 Å². The van der Waals surface area contributed by atoms with Gasteiger partial charge in [0.15, 0.2) is 0 Å². The number of aryl methyl sites for hydroxylation is 1. The van der Waals surface area contributed by atoms with Gasteiger partial charge in [-0.2, -0.15) is 5.26 Å². The minimum atomic E-state index is -1.02. The van der Waals surface area contributed by atoms with Gasteiger partial charge in [0.05, 0.1) is 34.8 Å². The van der Waals surface area contributed by atoms with Gasteiger partial charge in [0.25, 0.3) is 0 Å². The first kappa shape index (κ1) is 24.6. The van der Waals surface area contributed by atoms with Crippen molar-refractivity contribution in [3.8, 4) is 6.07 Å². The van der Waals surface area contributed by atoms with Crippen LogP contribution in [-0.4, -0.2) is 107 Å². The summed E-state index contributed by atoms with van der Waals surface area (Å²) in [6.07, 6.45) is 2.82. The van der Waals surface area contributed by atoms with E-state index in [1.165, 1.54) is 5.56 Å². The number of fused-ring (bicyclic) bond motifs is 2. The molecule has 0 aromatic heterocycles. The van der Waals surface area contributed by atoms with Crippen LogP contribution < -0.4 is 5.32 Å². The SMILES string of the molecule is CS(=O)N(CCCc1ccc(C#N)cc1)CCN1CC2CN(CCNC(=O)O)CC(C1)O2. The highest BCUT2D eigenvalue weighted by Crippen LogP contribution is 2.19. The molecule has 0 aliphatic carbocycles. The summed E-state index contributed by atoms with van der Waals surface area (Å²) >= 11 is 0. The predicted octanol–water partition coefficient (Wildman–Crippen LogP) is 0.739. The lowest BCUT2D eigenvalue weighted by atomic mass is 10.1. The Labute approximate surface area is 192 Å². The maximum Gasteiger partial charge on any atom is 0.404 e. The van der Waals surface area contributed by atoms with E-state index in [2.05, 4.69) is 21.2 Å². The average molecular weight is 464 g/mol. The first-order chi connectivity index (χ1) is 15.4. The Bertz CT molecular complexity index is 802. The first-order valence-electron chi connectivity index (χ1n) is 11.1. The molecular formula is C22H33N5O4S. The molecule has 0 saturated carbocycles. The fourth-order valence-electron chi connectivity index (χ4n) is 4.37. The molecule has 1 amide bonds. The second kappa shape index (κ2) is 12.3. The largest absolute Gasteiger partial charge is 0.465 e. The van der Waals surface area contributed by atoms with Crippen LogP contribution in [0.25, 0.3) is 0 Å². The number of nitriles is 1. The van der Waals surface area contributed by atoms with E-state index in [4.69, 9.17) is 15.1 Å². The highest BCUT2D eigenvalue weighted by atomic mass is 32.2. The van der Waals surface area contributed by atoms with Crippen LogP contribution in [-0.2, 0) is 22.1 Å². The fraction of sp³-hybridized carbons (Fsp3) is 0.636. The summed E-state index contributed by atoms with van der Waals surface area (Å²) < 4.78 is 20.3. The maximum atomic E-state index is 12.2. The van der Waals surface area contributed by atoms with Crippen molar-refractivity contribution in [2.75, 3.05) is 65.2 Å². The highest BCUT2D eigenvalue weighted by Gasteiger charge is 2.34. The summed E-state index contributed by atoms with van der Waals surface area (Å²) in [7, 11) is -1.02. The van der Waals surface area contributed by atoms with Crippen LogP contribution >= 0.6 is 0 Å². The minimum Gasteiger partial charge on any atom is -0.465 e. The molecule has 3 unspecified atom stereocenters. The van der Waals surface area contributed by atoms with Gasteiger partial charge < -0.3 is 15.2 Å². The molecule has 2 fully saturated rings. The summed E-state index contributed by atoms with van der Waals surface area (Å²) in [6.45, 7) is 6.80. The van der Waals surface area contributed by atoms with Gasteiger partial charge in [0.2, 0.25) is 0 Å². The normalized spacial score (nSPS) is 22.4. The third kappa shape index (κ3) is 7.83. The molecule has 2 saturated heterocycles. The molecule has 2 N–H and O–H groups in total. The van der Waals surface area contributed by atoms with Gasteiger partial charge in [-0.1, -0.05) is 12.1 Å². The zero-order valence-electron chi connectivity index (χ0n) is 18.6. The van der Waals surface area contributed by atoms with Crippen LogP contribution in [0.3, 0.4) is 0 Å². The summed E-state index contributed by atoms with van der Waals surface area (Å²) in [5, 5.41) is 20.0.